The second-order valence-corrected chi connectivity index (χ2v) is 7.60. The van der Waals surface area contributed by atoms with Gasteiger partial charge in [-0.3, -0.25) is 18.5 Å². The Morgan fingerprint density at radius 1 is 1.12 bits per heavy atom. The molecule has 1 N–H and O–H groups in total. The monoisotopic (exact) mass is 458 g/mol. The highest BCUT2D eigenvalue weighted by Gasteiger charge is 2.22. The molecule has 4 rings (SSSR count). The van der Waals surface area contributed by atoms with Crippen molar-refractivity contribution >= 4 is 22.8 Å². The van der Waals surface area contributed by atoms with Crippen molar-refractivity contribution in [3.05, 3.63) is 85.8 Å². The number of imidazole rings is 1. The van der Waals surface area contributed by atoms with E-state index in [1.807, 2.05) is 30.3 Å². The molecule has 10 heteroatoms. The molecule has 0 saturated heterocycles. The Bertz CT molecular complexity index is 1400. The molecule has 2 heterocycles. The van der Waals surface area contributed by atoms with Gasteiger partial charge in [-0.05, 0) is 24.1 Å². The predicted molar refractivity (Wildman–Crippen MR) is 118 cm³/mol. The zero-order valence-electron chi connectivity index (χ0n) is 17.2. The number of hydrogen-bond donors (Lipinski definition) is 1. The number of aliphatic hydroxyl groups excluding tert-OH is 1. The maximum Gasteiger partial charge on any atom is 0.332 e. The van der Waals surface area contributed by atoms with E-state index in [2.05, 4.69) is 4.98 Å². The first-order valence-corrected chi connectivity index (χ1v) is 10.3. The number of ether oxygens (including phenoxy) is 1. The molecule has 32 heavy (non-hydrogen) atoms. The van der Waals surface area contributed by atoms with Crippen LogP contribution in [-0.4, -0.2) is 30.4 Å². The summed E-state index contributed by atoms with van der Waals surface area (Å²) in [5.74, 6) is -0.518. The van der Waals surface area contributed by atoms with Gasteiger partial charge in [0, 0.05) is 26.3 Å². The maximum absolute atomic E-state index is 13.9. The third kappa shape index (κ3) is 4.04. The van der Waals surface area contributed by atoms with Gasteiger partial charge in [-0.25, -0.2) is 9.18 Å². The number of fused-ring (bicyclic) bond motifs is 1. The second kappa shape index (κ2) is 8.97. The smallest absolute Gasteiger partial charge is 0.332 e. The number of rotatable bonds is 7. The molecule has 0 amide bonds. The SMILES string of the molecule is Cn1c(=O)n(CCCO)c(=O)c2c1nc(Oc1ccc(Cl)c(F)c1)n2Cc1ccccc1. The summed E-state index contributed by atoms with van der Waals surface area (Å²) in [6.07, 6.45) is 0.251. The van der Waals surface area contributed by atoms with Gasteiger partial charge < -0.3 is 9.84 Å². The molecule has 0 radical (unpaired) electrons. The van der Waals surface area contributed by atoms with Gasteiger partial charge in [-0.2, -0.15) is 4.98 Å². The zero-order chi connectivity index (χ0) is 22.8. The van der Waals surface area contributed by atoms with Gasteiger partial charge in [-0.15, -0.1) is 0 Å². The summed E-state index contributed by atoms with van der Waals surface area (Å²) in [6, 6.07) is 13.3. The van der Waals surface area contributed by atoms with Crippen molar-refractivity contribution in [2.75, 3.05) is 6.61 Å². The summed E-state index contributed by atoms with van der Waals surface area (Å²) >= 11 is 5.75. The molecular weight excluding hydrogens is 439 g/mol. The average molecular weight is 459 g/mol. The molecule has 0 spiro atoms. The van der Waals surface area contributed by atoms with Gasteiger partial charge in [0.1, 0.15) is 11.6 Å². The molecule has 0 aliphatic heterocycles. The van der Waals surface area contributed by atoms with E-state index in [0.717, 1.165) is 16.2 Å². The molecular formula is C22H20ClFN4O4. The summed E-state index contributed by atoms with van der Waals surface area (Å²) in [4.78, 5) is 30.4. The van der Waals surface area contributed by atoms with Crippen LogP contribution in [0.25, 0.3) is 11.2 Å². The first-order chi connectivity index (χ1) is 15.4. The number of nitrogens with zero attached hydrogens (tertiary/aromatic N) is 4. The Kier molecular flexibility index (Phi) is 6.11. The topological polar surface area (TPSA) is 91.3 Å². The summed E-state index contributed by atoms with van der Waals surface area (Å²) in [7, 11) is 1.51. The van der Waals surface area contributed by atoms with Crippen LogP contribution in [0.4, 0.5) is 4.39 Å². The van der Waals surface area contributed by atoms with Crippen molar-refractivity contribution in [1.29, 1.82) is 0 Å². The van der Waals surface area contributed by atoms with Gasteiger partial charge in [0.05, 0.1) is 11.6 Å². The van der Waals surface area contributed by atoms with Crippen molar-refractivity contribution in [3.8, 4) is 11.8 Å². The van der Waals surface area contributed by atoms with E-state index < -0.39 is 17.1 Å². The number of halogens is 2. The van der Waals surface area contributed by atoms with Crippen LogP contribution in [0.2, 0.25) is 5.02 Å². The molecule has 2 aromatic carbocycles. The lowest BCUT2D eigenvalue weighted by Gasteiger charge is -2.11. The van der Waals surface area contributed by atoms with Gasteiger partial charge in [-0.1, -0.05) is 41.9 Å². The summed E-state index contributed by atoms with van der Waals surface area (Å²) in [6.45, 7) is 0.136. The van der Waals surface area contributed by atoms with Crippen molar-refractivity contribution < 1.29 is 14.2 Å². The summed E-state index contributed by atoms with van der Waals surface area (Å²) in [5.41, 5.74) is 0.0783. The Morgan fingerprint density at radius 3 is 2.56 bits per heavy atom. The zero-order valence-corrected chi connectivity index (χ0v) is 17.9. The Hall–Kier alpha value is -3.43. The van der Waals surface area contributed by atoms with Crippen molar-refractivity contribution in [2.24, 2.45) is 7.05 Å². The van der Waals surface area contributed by atoms with Gasteiger partial charge in [0.25, 0.3) is 5.56 Å². The normalized spacial score (nSPS) is 11.2. The number of aryl methyl sites for hydroxylation is 1. The van der Waals surface area contributed by atoms with Gasteiger partial charge in [0.15, 0.2) is 11.2 Å². The standard InChI is InChI=1S/C22H20ClFN4O4/c1-26-19-18(20(30)27(22(26)31)10-5-11-29)28(13-14-6-3-2-4-7-14)21(25-19)32-15-8-9-16(23)17(24)12-15/h2-4,6-9,12,29H,5,10-11,13H2,1H3. The van der Waals surface area contributed by atoms with Crippen molar-refractivity contribution in [2.45, 2.75) is 19.5 Å². The minimum absolute atomic E-state index is 0.0255. The predicted octanol–water partition coefficient (Wildman–Crippen LogP) is 2.91. The van der Waals surface area contributed by atoms with E-state index in [1.165, 1.54) is 23.7 Å². The van der Waals surface area contributed by atoms with Crippen LogP contribution in [-0.2, 0) is 20.1 Å². The van der Waals surface area contributed by atoms with Crippen LogP contribution in [0.15, 0.2) is 58.1 Å². The minimum Gasteiger partial charge on any atom is -0.425 e. The van der Waals surface area contributed by atoms with Crippen LogP contribution >= 0.6 is 11.6 Å². The van der Waals surface area contributed by atoms with Crippen LogP contribution in [0, 0.1) is 5.82 Å². The minimum atomic E-state index is -0.659. The summed E-state index contributed by atoms with van der Waals surface area (Å²) in [5, 5.41) is 9.10. The Labute approximate surface area is 186 Å². The number of aromatic nitrogens is 4. The van der Waals surface area contributed by atoms with Crippen molar-refractivity contribution in [1.82, 2.24) is 18.7 Å². The number of benzene rings is 2. The molecule has 166 valence electrons. The molecule has 0 bridgehead atoms. The van der Waals surface area contributed by atoms with E-state index in [0.29, 0.717) is 0 Å². The molecule has 8 nitrogen and oxygen atoms in total. The van der Waals surface area contributed by atoms with E-state index in [1.54, 1.807) is 4.57 Å². The number of aliphatic hydroxyl groups is 1. The van der Waals surface area contributed by atoms with E-state index in [4.69, 9.17) is 21.4 Å². The van der Waals surface area contributed by atoms with Gasteiger partial charge >= 0.3 is 11.7 Å². The lowest BCUT2D eigenvalue weighted by Crippen LogP contribution is -2.39. The van der Waals surface area contributed by atoms with E-state index in [-0.39, 0.29) is 54.1 Å². The quantitative estimate of drug-likeness (QED) is 0.460. The average Bonchev–Trinajstić information content (AvgIpc) is 3.13. The highest BCUT2D eigenvalue weighted by molar-refractivity contribution is 6.30. The third-order valence-electron chi connectivity index (χ3n) is 5.02. The molecule has 0 aliphatic rings. The van der Waals surface area contributed by atoms with E-state index in [9.17, 15) is 14.0 Å². The number of hydrogen-bond acceptors (Lipinski definition) is 5. The first-order valence-electron chi connectivity index (χ1n) is 9.88. The molecule has 0 fully saturated rings. The fraction of sp³-hybridized carbons (Fsp3) is 0.227. The first kappa shape index (κ1) is 21.8. The largest absolute Gasteiger partial charge is 0.425 e. The third-order valence-corrected chi connectivity index (χ3v) is 5.33. The Morgan fingerprint density at radius 2 is 1.88 bits per heavy atom. The van der Waals surface area contributed by atoms with Crippen LogP contribution in [0.1, 0.15) is 12.0 Å². The highest BCUT2D eigenvalue weighted by atomic mass is 35.5. The molecule has 0 unspecified atom stereocenters. The fourth-order valence-corrected chi connectivity index (χ4v) is 3.53. The fourth-order valence-electron chi connectivity index (χ4n) is 3.41. The molecule has 0 atom stereocenters. The maximum atomic E-state index is 13.9. The highest BCUT2D eigenvalue weighted by Crippen LogP contribution is 2.27. The van der Waals surface area contributed by atoms with Crippen molar-refractivity contribution in [3.63, 3.8) is 0 Å². The van der Waals surface area contributed by atoms with Gasteiger partial charge in [0.2, 0.25) is 0 Å². The molecule has 0 aliphatic carbocycles. The lowest BCUT2D eigenvalue weighted by molar-refractivity contribution is 0.277. The summed E-state index contributed by atoms with van der Waals surface area (Å²) < 4.78 is 23.6. The second-order valence-electron chi connectivity index (χ2n) is 7.19. The van der Waals surface area contributed by atoms with Crippen LogP contribution < -0.4 is 16.0 Å². The van der Waals surface area contributed by atoms with E-state index >= 15 is 0 Å². The molecule has 4 aromatic rings. The molecule has 0 saturated carbocycles. The van der Waals surface area contributed by atoms with Crippen LogP contribution in [0.3, 0.4) is 0 Å². The van der Waals surface area contributed by atoms with Crippen LogP contribution in [0.5, 0.6) is 11.8 Å². The lowest BCUT2D eigenvalue weighted by atomic mass is 10.2. The Balaban J connectivity index is 1.93. The molecule has 2 aromatic heterocycles.